The van der Waals surface area contributed by atoms with E-state index in [0.717, 1.165) is 56.5 Å². The summed E-state index contributed by atoms with van der Waals surface area (Å²) >= 11 is 0. The number of allylic oxidation sites excluding steroid dienone is 1. The molecule has 0 spiro atoms. The van der Waals surface area contributed by atoms with Gasteiger partial charge in [0.1, 0.15) is 17.1 Å². The van der Waals surface area contributed by atoms with Crippen molar-refractivity contribution in [3.63, 3.8) is 0 Å². The standard InChI is InChI=1S/C27H33N3O2/c1-30(15-6-11-25-28-23-9-5-10-24(31)26(23)29-25)16-14-27(32)18-20-12-13-21(27)17-22(20)19-7-3-2-4-8-19/h2-5,7-10,17,20-21,31-32H,6,11-16,18H2,1H3,(H,28,29)/t20-,21-,27+/m1/s1. The Labute approximate surface area is 189 Å². The highest BCUT2D eigenvalue weighted by molar-refractivity contribution is 5.81. The van der Waals surface area contributed by atoms with Gasteiger partial charge in [0, 0.05) is 18.9 Å². The zero-order valence-electron chi connectivity index (χ0n) is 18.8. The summed E-state index contributed by atoms with van der Waals surface area (Å²) in [5, 5.41) is 21.4. The Morgan fingerprint density at radius 3 is 2.69 bits per heavy atom. The lowest BCUT2D eigenvalue weighted by molar-refractivity contribution is -0.0574. The molecule has 1 aromatic heterocycles. The maximum absolute atomic E-state index is 11.5. The van der Waals surface area contributed by atoms with Crippen LogP contribution in [-0.4, -0.2) is 50.8 Å². The number of hydrogen-bond donors (Lipinski definition) is 3. The minimum Gasteiger partial charge on any atom is -0.506 e. The van der Waals surface area contributed by atoms with Crippen LogP contribution in [0.4, 0.5) is 0 Å². The van der Waals surface area contributed by atoms with Gasteiger partial charge in [-0.15, -0.1) is 0 Å². The number of nitrogens with zero attached hydrogens (tertiary/aromatic N) is 2. The second-order valence-electron chi connectivity index (χ2n) is 9.69. The summed E-state index contributed by atoms with van der Waals surface area (Å²) in [6.45, 7) is 1.85. The number of hydrogen-bond acceptors (Lipinski definition) is 4. The first-order valence-electron chi connectivity index (χ1n) is 11.9. The molecule has 3 aliphatic carbocycles. The molecule has 2 bridgehead atoms. The second kappa shape index (κ2) is 8.72. The van der Waals surface area contributed by atoms with E-state index in [1.54, 1.807) is 6.07 Å². The number of aromatic amines is 1. The van der Waals surface area contributed by atoms with Gasteiger partial charge in [0.15, 0.2) is 0 Å². The van der Waals surface area contributed by atoms with Crippen molar-refractivity contribution in [2.45, 2.75) is 44.1 Å². The monoisotopic (exact) mass is 431 g/mol. The van der Waals surface area contributed by atoms with Gasteiger partial charge in [-0.25, -0.2) is 4.98 Å². The van der Waals surface area contributed by atoms with Crippen LogP contribution in [0.1, 0.15) is 43.5 Å². The third-order valence-electron chi connectivity index (χ3n) is 7.46. The molecule has 3 aromatic rings. The second-order valence-corrected chi connectivity index (χ2v) is 9.69. The maximum Gasteiger partial charge on any atom is 0.143 e. The van der Waals surface area contributed by atoms with Crippen LogP contribution >= 0.6 is 0 Å². The molecule has 1 fully saturated rings. The van der Waals surface area contributed by atoms with Gasteiger partial charge >= 0.3 is 0 Å². The molecule has 3 aliphatic rings. The summed E-state index contributed by atoms with van der Waals surface area (Å²) in [7, 11) is 2.14. The highest BCUT2D eigenvalue weighted by Crippen LogP contribution is 2.51. The number of phenolic OH excluding ortho intramolecular Hbond substituents is 1. The number of aliphatic hydroxyl groups is 1. The Hall–Kier alpha value is -2.63. The average molecular weight is 432 g/mol. The molecule has 3 N–H and O–H groups in total. The van der Waals surface area contributed by atoms with Crippen LogP contribution in [0.15, 0.2) is 54.6 Å². The van der Waals surface area contributed by atoms with Crippen LogP contribution < -0.4 is 0 Å². The highest BCUT2D eigenvalue weighted by atomic mass is 16.3. The lowest BCUT2D eigenvalue weighted by atomic mass is 9.61. The molecule has 1 heterocycles. The number of phenols is 1. The van der Waals surface area contributed by atoms with Gasteiger partial charge in [0.25, 0.3) is 0 Å². The normalized spacial score (nSPS) is 24.9. The molecule has 0 unspecified atom stereocenters. The van der Waals surface area contributed by atoms with Crippen molar-refractivity contribution in [2.75, 3.05) is 20.1 Å². The Morgan fingerprint density at radius 1 is 1.09 bits per heavy atom. The largest absolute Gasteiger partial charge is 0.506 e. The third kappa shape index (κ3) is 4.19. The SMILES string of the molecule is CN(CCCc1nc2c(O)cccc2[nH]1)CC[C@]1(O)C[C@H]2CC[C@@H]1C=C2c1ccccc1. The molecule has 6 rings (SSSR count). The van der Waals surface area contributed by atoms with E-state index in [4.69, 9.17) is 0 Å². The summed E-state index contributed by atoms with van der Waals surface area (Å²) in [5.41, 5.74) is 3.71. The number of aryl methyl sites for hydroxylation is 1. The van der Waals surface area contributed by atoms with Crippen LogP contribution in [0.25, 0.3) is 16.6 Å². The molecule has 5 heteroatoms. The number of rotatable bonds is 8. The van der Waals surface area contributed by atoms with Gasteiger partial charge in [0.2, 0.25) is 0 Å². The Kier molecular flexibility index (Phi) is 5.78. The molecule has 0 amide bonds. The number of para-hydroxylation sites is 1. The molecule has 2 aromatic carbocycles. The minimum absolute atomic E-state index is 0.224. The molecular formula is C27H33N3O2. The zero-order chi connectivity index (χ0) is 22.1. The molecule has 0 aliphatic heterocycles. The summed E-state index contributed by atoms with van der Waals surface area (Å²) in [6.07, 6.45) is 8.19. The predicted octanol–water partition coefficient (Wildman–Crippen LogP) is 4.77. The smallest absolute Gasteiger partial charge is 0.143 e. The summed E-state index contributed by atoms with van der Waals surface area (Å²) in [4.78, 5) is 10.1. The quantitative estimate of drug-likeness (QED) is 0.480. The molecule has 32 heavy (non-hydrogen) atoms. The molecule has 0 radical (unpaired) electrons. The van der Waals surface area contributed by atoms with Crippen LogP contribution in [0.5, 0.6) is 5.75 Å². The fourth-order valence-corrected chi connectivity index (χ4v) is 5.64. The molecule has 168 valence electrons. The van der Waals surface area contributed by atoms with E-state index in [9.17, 15) is 10.2 Å². The van der Waals surface area contributed by atoms with E-state index in [-0.39, 0.29) is 11.7 Å². The molecule has 5 nitrogen and oxygen atoms in total. The van der Waals surface area contributed by atoms with Gasteiger partial charge in [-0.3, -0.25) is 0 Å². The molecule has 0 saturated heterocycles. The minimum atomic E-state index is -0.578. The fraction of sp³-hybridized carbons (Fsp3) is 0.444. The number of benzene rings is 2. The van der Waals surface area contributed by atoms with E-state index >= 15 is 0 Å². The number of fused-ring (bicyclic) bond motifs is 3. The van der Waals surface area contributed by atoms with Crippen molar-refractivity contribution >= 4 is 16.6 Å². The molecule has 1 saturated carbocycles. The van der Waals surface area contributed by atoms with Crippen molar-refractivity contribution in [1.29, 1.82) is 0 Å². The van der Waals surface area contributed by atoms with Gasteiger partial charge < -0.3 is 20.1 Å². The van der Waals surface area contributed by atoms with E-state index in [1.165, 1.54) is 17.6 Å². The molecule has 3 atom stereocenters. The third-order valence-corrected chi connectivity index (χ3v) is 7.46. The lowest BCUT2D eigenvalue weighted by Crippen LogP contribution is -2.48. The molecular weight excluding hydrogens is 398 g/mol. The number of aromatic hydroxyl groups is 1. The van der Waals surface area contributed by atoms with E-state index in [2.05, 4.69) is 58.3 Å². The van der Waals surface area contributed by atoms with Crippen molar-refractivity contribution in [3.05, 3.63) is 66.0 Å². The maximum atomic E-state index is 11.5. The summed E-state index contributed by atoms with van der Waals surface area (Å²) in [6, 6.07) is 16.1. The zero-order valence-corrected chi connectivity index (χ0v) is 18.8. The van der Waals surface area contributed by atoms with E-state index < -0.39 is 5.60 Å². The number of nitrogens with one attached hydrogen (secondary N) is 1. The average Bonchev–Trinajstić information content (AvgIpc) is 3.23. The van der Waals surface area contributed by atoms with Crippen molar-refractivity contribution in [3.8, 4) is 5.75 Å². The Bertz CT molecular complexity index is 1110. The summed E-state index contributed by atoms with van der Waals surface area (Å²) in [5.74, 6) is 1.87. The first-order valence-corrected chi connectivity index (χ1v) is 11.9. The highest BCUT2D eigenvalue weighted by Gasteiger charge is 2.46. The van der Waals surface area contributed by atoms with Crippen molar-refractivity contribution in [2.24, 2.45) is 11.8 Å². The van der Waals surface area contributed by atoms with Crippen LogP contribution in [0.2, 0.25) is 0 Å². The van der Waals surface area contributed by atoms with Crippen LogP contribution in [0.3, 0.4) is 0 Å². The number of imidazole rings is 1. The van der Waals surface area contributed by atoms with Crippen LogP contribution in [-0.2, 0) is 6.42 Å². The van der Waals surface area contributed by atoms with Gasteiger partial charge in [-0.05, 0) is 74.9 Å². The van der Waals surface area contributed by atoms with Crippen molar-refractivity contribution < 1.29 is 10.2 Å². The van der Waals surface area contributed by atoms with Gasteiger partial charge in [0.05, 0.1) is 11.1 Å². The lowest BCUT2D eigenvalue weighted by Gasteiger charge is -2.48. The van der Waals surface area contributed by atoms with Gasteiger partial charge in [-0.1, -0.05) is 42.5 Å². The topological polar surface area (TPSA) is 72.4 Å². The Morgan fingerprint density at radius 2 is 1.94 bits per heavy atom. The first kappa shape index (κ1) is 21.2. The van der Waals surface area contributed by atoms with E-state index in [0.29, 0.717) is 11.4 Å². The number of aromatic nitrogens is 2. The first-order chi connectivity index (χ1) is 15.5. The van der Waals surface area contributed by atoms with Gasteiger partial charge in [-0.2, -0.15) is 0 Å². The fourth-order valence-electron chi connectivity index (χ4n) is 5.64. The van der Waals surface area contributed by atoms with E-state index in [1.807, 2.05) is 12.1 Å². The van der Waals surface area contributed by atoms with Crippen LogP contribution in [0, 0.1) is 11.8 Å². The predicted molar refractivity (Wildman–Crippen MR) is 128 cm³/mol. The summed E-state index contributed by atoms with van der Waals surface area (Å²) < 4.78 is 0. The Balaban J connectivity index is 1.13. The number of H-pyrrole nitrogens is 1. The van der Waals surface area contributed by atoms with Crippen molar-refractivity contribution in [1.82, 2.24) is 14.9 Å².